The lowest BCUT2D eigenvalue weighted by Gasteiger charge is -2.36. The molecule has 0 unspecified atom stereocenters. The second-order valence-corrected chi connectivity index (χ2v) is 18.1. The Balaban J connectivity index is 0.888. The van der Waals surface area contributed by atoms with Crippen molar-refractivity contribution >= 4 is 68.2 Å². The first-order chi connectivity index (χ1) is 37.5. The molecule has 0 radical (unpaired) electrons. The molecule has 0 spiro atoms. The maximum Gasteiger partial charge on any atom is 0.152 e. The van der Waals surface area contributed by atoms with Crippen molar-refractivity contribution in [3.05, 3.63) is 229 Å². The monoisotopic (exact) mass is 978 g/mol. The Bertz CT molecular complexity index is 3950. The van der Waals surface area contributed by atoms with Gasteiger partial charge in [0.25, 0.3) is 0 Å². The van der Waals surface area contributed by atoms with Crippen molar-refractivity contribution in [2.45, 2.75) is 0 Å². The molecule has 0 fully saturated rings. The zero-order valence-corrected chi connectivity index (χ0v) is 39.8. The Labute approximate surface area is 435 Å². The minimum Gasteiger partial charge on any atom is -0.453 e. The molecule has 10 aromatic carbocycles. The molecule has 12 nitrogen and oxygen atoms in total. The number of fused-ring (bicyclic) bond motifs is 8. The van der Waals surface area contributed by atoms with Crippen molar-refractivity contribution in [1.82, 2.24) is 0 Å². The molecule has 0 saturated carbocycles. The van der Waals surface area contributed by atoms with Gasteiger partial charge in [-0.3, -0.25) is 0 Å². The van der Waals surface area contributed by atoms with Gasteiger partial charge in [-0.25, -0.2) is 0 Å². The summed E-state index contributed by atoms with van der Waals surface area (Å²) < 4.78 is 26.1. The summed E-state index contributed by atoms with van der Waals surface area (Å²) in [5.74, 6) is 4.74. The Kier molecular flexibility index (Phi) is 9.76. The first kappa shape index (κ1) is 43.4. The van der Waals surface area contributed by atoms with Crippen LogP contribution in [0.25, 0.3) is 11.1 Å². The molecule has 0 amide bonds. The summed E-state index contributed by atoms with van der Waals surface area (Å²) in [5.41, 5.74) is 10.9. The smallest absolute Gasteiger partial charge is 0.152 e. The number of benzene rings is 10. The van der Waals surface area contributed by atoms with Crippen LogP contribution < -0.4 is 38.5 Å². The Morgan fingerprint density at radius 2 is 0.447 bits per heavy atom. The third-order valence-electron chi connectivity index (χ3n) is 13.9. The zero-order valence-electron chi connectivity index (χ0n) is 39.8. The predicted octanol–water partition coefficient (Wildman–Crippen LogP) is 17.1. The van der Waals surface area contributed by atoms with Crippen LogP contribution in [0.1, 0.15) is 22.3 Å². The summed E-state index contributed by atoms with van der Waals surface area (Å²) in [6.45, 7) is 0. The van der Waals surface area contributed by atoms with E-state index in [1.807, 2.05) is 214 Å². The maximum absolute atomic E-state index is 10.8. The lowest BCUT2D eigenvalue weighted by atomic mass is 9.99. The van der Waals surface area contributed by atoms with E-state index >= 15 is 0 Å². The Morgan fingerprint density at radius 3 is 0.697 bits per heavy atom. The van der Waals surface area contributed by atoms with E-state index in [1.54, 1.807) is 12.1 Å². The van der Waals surface area contributed by atoms with Crippen LogP contribution >= 0.6 is 0 Å². The van der Waals surface area contributed by atoms with Gasteiger partial charge in [0.05, 0.1) is 90.5 Å². The summed E-state index contributed by atoms with van der Waals surface area (Å²) >= 11 is 0. The van der Waals surface area contributed by atoms with Crippen LogP contribution in [0.5, 0.6) is 46.0 Å². The maximum atomic E-state index is 10.8. The highest BCUT2D eigenvalue weighted by atomic mass is 16.5. The van der Waals surface area contributed by atoms with Gasteiger partial charge >= 0.3 is 0 Å². The SMILES string of the molecule is N#Cc1cc(C#N)c(N2c3ccccc3Oc3cc(-c4ccc5c(c4)Oc4ccccc4N5c4cc(N5c6ccccc6Oc6ccccc65)c(C#N)cc4C#N)ccc32)cc1N1c2ccccc2Oc2ccccc21. The molecule has 76 heavy (non-hydrogen) atoms. The molecule has 354 valence electrons. The molecule has 10 aromatic rings. The summed E-state index contributed by atoms with van der Waals surface area (Å²) in [6.07, 6.45) is 0. The van der Waals surface area contributed by atoms with Crippen LogP contribution in [-0.2, 0) is 0 Å². The van der Waals surface area contributed by atoms with Gasteiger partial charge in [-0.2, -0.15) is 21.0 Å². The van der Waals surface area contributed by atoms with E-state index < -0.39 is 0 Å². The fourth-order valence-corrected chi connectivity index (χ4v) is 10.6. The third-order valence-corrected chi connectivity index (χ3v) is 13.9. The molecule has 4 aliphatic heterocycles. The van der Waals surface area contributed by atoms with Gasteiger partial charge in [-0.1, -0.05) is 84.9 Å². The van der Waals surface area contributed by atoms with Crippen LogP contribution in [0, 0.1) is 45.3 Å². The number of anilines is 12. The van der Waals surface area contributed by atoms with Crippen molar-refractivity contribution in [2.75, 3.05) is 19.6 Å². The summed E-state index contributed by atoms with van der Waals surface area (Å²) in [6, 6.07) is 74.5. The highest BCUT2D eigenvalue weighted by Gasteiger charge is 2.35. The van der Waals surface area contributed by atoms with Crippen LogP contribution in [0.3, 0.4) is 0 Å². The molecule has 0 bridgehead atoms. The summed E-state index contributed by atoms with van der Waals surface area (Å²) in [5, 5.41) is 43.0. The summed E-state index contributed by atoms with van der Waals surface area (Å²) in [4.78, 5) is 8.04. The van der Waals surface area contributed by atoms with Crippen LogP contribution in [0.2, 0.25) is 0 Å². The van der Waals surface area contributed by atoms with Crippen molar-refractivity contribution in [3.8, 4) is 81.4 Å². The van der Waals surface area contributed by atoms with Gasteiger partial charge in [0.1, 0.15) is 24.3 Å². The standard InChI is InChI=1S/C64H34N8O4/c65-35-41-29-43(37-67)55(33-53(41)69-45-13-1-7-19-57(45)73-58-20-8-2-14-46(58)69)71-49-17-5-11-23-61(49)75-63-31-39(25-27-51(63)71)40-26-28-52-64(32-40)76-62-24-12-6-18-50(62)72(52)56-34-54(42(36-66)30-44(56)38-68)70-47-15-3-9-21-59(47)74-60-22-10-4-16-48(60)70/h1-34H. The van der Waals surface area contributed by atoms with E-state index in [2.05, 4.69) is 24.3 Å². The lowest BCUT2D eigenvalue weighted by Crippen LogP contribution is -2.20. The molecule has 0 atom stereocenters. The Morgan fingerprint density at radius 1 is 0.224 bits per heavy atom. The molecular formula is C64H34N8O4. The van der Waals surface area contributed by atoms with Crippen molar-refractivity contribution in [2.24, 2.45) is 0 Å². The topological polar surface area (TPSA) is 145 Å². The van der Waals surface area contributed by atoms with E-state index in [9.17, 15) is 21.0 Å². The number of ether oxygens (including phenoxy) is 4. The molecule has 0 aromatic heterocycles. The lowest BCUT2D eigenvalue weighted by molar-refractivity contribution is 0.476. The van der Waals surface area contributed by atoms with E-state index in [1.165, 1.54) is 0 Å². The number of nitriles is 4. The minimum absolute atomic E-state index is 0.298. The average Bonchev–Trinajstić information content (AvgIpc) is 3.57. The first-order valence-corrected chi connectivity index (χ1v) is 24.2. The van der Waals surface area contributed by atoms with Crippen molar-refractivity contribution in [3.63, 3.8) is 0 Å². The van der Waals surface area contributed by atoms with Gasteiger partial charge in [0.15, 0.2) is 46.0 Å². The van der Waals surface area contributed by atoms with Gasteiger partial charge in [-0.15, -0.1) is 0 Å². The highest BCUT2D eigenvalue weighted by Crippen LogP contribution is 2.58. The van der Waals surface area contributed by atoms with E-state index in [0.717, 1.165) is 33.9 Å². The molecule has 0 aliphatic carbocycles. The number of nitrogens with zero attached hydrogens (tertiary/aromatic N) is 8. The van der Waals surface area contributed by atoms with E-state index in [-0.39, 0.29) is 0 Å². The fraction of sp³-hybridized carbons (Fsp3) is 0. The van der Waals surface area contributed by atoms with Gasteiger partial charge in [-0.05, 0) is 132 Å². The van der Waals surface area contributed by atoms with Crippen molar-refractivity contribution < 1.29 is 18.9 Å². The number of para-hydroxylation sites is 12. The molecule has 12 heteroatoms. The third kappa shape index (κ3) is 6.67. The van der Waals surface area contributed by atoms with Crippen LogP contribution in [0.4, 0.5) is 68.2 Å². The molecule has 0 N–H and O–H groups in total. The fourth-order valence-electron chi connectivity index (χ4n) is 10.6. The summed E-state index contributed by atoms with van der Waals surface area (Å²) in [7, 11) is 0. The van der Waals surface area contributed by atoms with Crippen LogP contribution in [-0.4, -0.2) is 0 Å². The van der Waals surface area contributed by atoms with Gasteiger partial charge < -0.3 is 38.5 Å². The minimum atomic E-state index is 0.298. The van der Waals surface area contributed by atoms with Crippen LogP contribution in [0.15, 0.2) is 206 Å². The zero-order chi connectivity index (χ0) is 51.0. The molecule has 0 saturated heterocycles. The highest BCUT2D eigenvalue weighted by molar-refractivity contribution is 5.97. The quantitative estimate of drug-likeness (QED) is 0.162. The predicted molar refractivity (Wildman–Crippen MR) is 290 cm³/mol. The Hall–Kier alpha value is -11.4. The molecule has 4 aliphatic rings. The molecule has 14 rings (SSSR count). The molecule has 4 heterocycles. The first-order valence-electron chi connectivity index (χ1n) is 24.2. The average molecular weight is 979 g/mol. The van der Waals surface area contributed by atoms with E-state index in [4.69, 9.17) is 18.9 Å². The molecular weight excluding hydrogens is 945 g/mol. The second-order valence-electron chi connectivity index (χ2n) is 18.1. The largest absolute Gasteiger partial charge is 0.453 e. The van der Waals surface area contributed by atoms with Crippen molar-refractivity contribution in [1.29, 1.82) is 21.0 Å². The second kappa shape index (κ2) is 17.1. The van der Waals surface area contributed by atoms with E-state index in [0.29, 0.717) is 114 Å². The van der Waals surface area contributed by atoms with Gasteiger partial charge in [0, 0.05) is 0 Å². The number of hydrogen-bond acceptors (Lipinski definition) is 12. The number of rotatable bonds is 5. The number of hydrogen-bond donors (Lipinski definition) is 0. The normalized spacial score (nSPS) is 12.7. The van der Waals surface area contributed by atoms with Gasteiger partial charge in [0.2, 0.25) is 0 Å².